The Morgan fingerprint density at radius 1 is 0.727 bits per heavy atom. The van der Waals surface area contributed by atoms with Gasteiger partial charge in [0.2, 0.25) is 0 Å². The van der Waals surface area contributed by atoms with E-state index < -0.39 is 5.60 Å². The molecule has 0 aromatic heterocycles. The van der Waals surface area contributed by atoms with E-state index in [1.807, 2.05) is 24.3 Å². The number of benzene rings is 4. The SMILES string of the molecule is COc1ccc(C(O)(C2CCCCC2)C(CN2CCN(C(c3ccccc3)c3ccccc3)CC2)c2ccc(Cl)cc2)cc1. The van der Waals surface area contributed by atoms with Crippen LogP contribution in [-0.2, 0) is 5.60 Å². The number of aliphatic hydroxyl groups is 1. The fraction of sp³-hybridized carbons (Fsp3) is 0.385. The molecule has 4 aromatic rings. The van der Waals surface area contributed by atoms with Gasteiger partial charge >= 0.3 is 0 Å². The van der Waals surface area contributed by atoms with Crippen molar-refractivity contribution in [2.45, 2.75) is 49.7 Å². The molecule has 44 heavy (non-hydrogen) atoms. The van der Waals surface area contributed by atoms with E-state index in [0.717, 1.165) is 80.3 Å². The van der Waals surface area contributed by atoms with E-state index >= 15 is 0 Å². The van der Waals surface area contributed by atoms with Crippen LogP contribution in [0.3, 0.4) is 0 Å². The molecule has 6 rings (SSSR count). The Balaban J connectivity index is 1.29. The Labute approximate surface area is 268 Å². The minimum absolute atomic E-state index is 0.0955. The highest BCUT2D eigenvalue weighted by molar-refractivity contribution is 6.30. The summed E-state index contributed by atoms with van der Waals surface area (Å²) in [7, 11) is 1.69. The first-order valence-electron chi connectivity index (χ1n) is 16.2. The number of halogens is 1. The lowest BCUT2D eigenvalue weighted by atomic mass is 9.65. The fourth-order valence-corrected chi connectivity index (χ4v) is 7.79. The maximum Gasteiger partial charge on any atom is 0.118 e. The summed E-state index contributed by atoms with van der Waals surface area (Å²) >= 11 is 6.38. The molecule has 2 unspecified atom stereocenters. The van der Waals surface area contributed by atoms with Crippen molar-refractivity contribution >= 4 is 11.6 Å². The van der Waals surface area contributed by atoms with E-state index in [2.05, 4.69) is 94.7 Å². The number of methoxy groups -OCH3 is 1. The molecule has 2 fully saturated rings. The Morgan fingerprint density at radius 3 is 1.84 bits per heavy atom. The van der Waals surface area contributed by atoms with Gasteiger partial charge in [-0.3, -0.25) is 4.90 Å². The van der Waals surface area contributed by atoms with Crippen molar-refractivity contribution in [2.24, 2.45) is 5.92 Å². The first kappa shape index (κ1) is 30.9. The van der Waals surface area contributed by atoms with Crippen molar-refractivity contribution in [1.82, 2.24) is 9.80 Å². The summed E-state index contributed by atoms with van der Waals surface area (Å²) in [4.78, 5) is 5.19. The molecule has 1 saturated carbocycles. The second-order valence-electron chi connectivity index (χ2n) is 12.6. The van der Waals surface area contributed by atoms with Crippen LogP contribution in [0.15, 0.2) is 109 Å². The number of nitrogens with zero attached hydrogens (tertiary/aromatic N) is 2. The predicted molar refractivity (Wildman–Crippen MR) is 180 cm³/mol. The van der Waals surface area contributed by atoms with Crippen molar-refractivity contribution in [2.75, 3.05) is 39.8 Å². The third-order valence-electron chi connectivity index (χ3n) is 10.0. The topological polar surface area (TPSA) is 35.9 Å². The van der Waals surface area contributed by atoms with Gasteiger partial charge < -0.3 is 14.7 Å². The highest BCUT2D eigenvalue weighted by atomic mass is 35.5. The van der Waals surface area contributed by atoms with Crippen molar-refractivity contribution in [3.05, 3.63) is 136 Å². The van der Waals surface area contributed by atoms with Gasteiger partial charge in [-0.25, -0.2) is 0 Å². The summed E-state index contributed by atoms with van der Waals surface area (Å²) in [6.07, 6.45) is 5.64. The zero-order chi connectivity index (χ0) is 30.4. The molecule has 0 radical (unpaired) electrons. The molecule has 4 nitrogen and oxygen atoms in total. The van der Waals surface area contributed by atoms with E-state index in [1.54, 1.807) is 7.11 Å². The molecule has 0 spiro atoms. The predicted octanol–water partition coefficient (Wildman–Crippen LogP) is 8.31. The molecule has 1 aliphatic carbocycles. The van der Waals surface area contributed by atoms with E-state index in [4.69, 9.17) is 16.3 Å². The van der Waals surface area contributed by atoms with Gasteiger partial charge in [-0.05, 0) is 65.3 Å². The van der Waals surface area contributed by atoms with Gasteiger partial charge in [0.1, 0.15) is 11.4 Å². The third kappa shape index (κ3) is 6.74. The first-order valence-corrected chi connectivity index (χ1v) is 16.6. The molecular weight excluding hydrogens is 564 g/mol. The molecule has 1 heterocycles. The summed E-state index contributed by atoms with van der Waals surface area (Å²) < 4.78 is 5.49. The monoisotopic (exact) mass is 608 g/mol. The normalized spacial score (nSPS) is 19.0. The lowest BCUT2D eigenvalue weighted by Gasteiger charge is -2.47. The molecule has 1 aliphatic heterocycles. The Morgan fingerprint density at radius 2 is 1.30 bits per heavy atom. The molecule has 1 saturated heterocycles. The van der Waals surface area contributed by atoms with E-state index in [0.29, 0.717) is 0 Å². The average Bonchev–Trinajstić information content (AvgIpc) is 3.09. The van der Waals surface area contributed by atoms with Gasteiger partial charge in [0.05, 0.1) is 13.2 Å². The molecule has 4 aromatic carbocycles. The van der Waals surface area contributed by atoms with Crippen LogP contribution in [0.2, 0.25) is 5.02 Å². The van der Waals surface area contributed by atoms with Crippen LogP contribution in [0.1, 0.15) is 66.3 Å². The number of hydrogen-bond acceptors (Lipinski definition) is 4. The van der Waals surface area contributed by atoms with Crippen LogP contribution in [0, 0.1) is 5.92 Å². The van der Waals surface area contributed by atoms with E-state index in [-0.39, 0.29) is 17.9 Å². The molecule has 1 N–H and O–H groups in total. The molecule has 5 heteroatoms. The number of rotatable bonds is 10. The molecule has 0 amide bonds. The summed E-state index contributed by atoms with van der Waals surface area (Å²) in [6.45, 7) is 4.61. The summed E-state index contributed by atoms with van der Waals surface area (Å²) in [6, 6.07) is 38.3. The standard InChI is InChI=1S/C39H45ClN2O2/c1-44-36-23-19-34(20-24-36)39(43,33-15-9-4-10-16-33)37(30-17-21-35(40)22-18-30)29-41-25-27-42(28-26-41)38(31-11-5-2-6-12-31)32-13-7-3-8-14-32/h2-3,5-8,11-14,17-24,33,37-38,43H,4,9-10,15-16,25-29H2,1H3. The van der Waals surface area contributed by atoms with Gasteiger partial charge in [-0.2, -0.15) is 0 Å². The second kappa shape index (κ2) is 14.3. The van der Waals surface area contributed by atoms with Gasteiger partial charge in [-0.1, -0.05) is 116 Å². The van der Waals surface area contributed by atoms with E-state index in [1.165, 1.54) is 17.5 Å². The van der Waals surface area contributed by atoms with Gasteiger partial charge in [0, 0.05) is 43.7 Å². The largest absolute Gasteiger partial charge is 0.497 e. The summed E-state index contributed by atoms with van der Waals surface area (Å²) in [5.41, 5.74) is 3.78. The first-order chi connectivity index (χ1) is 21.6. The van der Waals surface area contributed by atoms with Crippen LogP contribution in [0.25, 0.3) is 0 Å². The van der Waals surface area contributed by atoms with Crippen LogP contribution in [-0.4, -0.2) is 54.7 Å². The summed E-state index contributed by atoms with van der Waals surface area (Å²) in [5.74, 6) is 0.902. The molecule has 230 valence electrons. The second-order valence-corrected chi connectivity index (χ2v) is 13.0. The zero-order valence-electron chi connectivity index (χ0n) is 25.8. The van der Waals surface area contributed by atoms with Gasteiger partial charge in [-0.15, -0.1) is 0 Å². The van der Waals surface area contributed by atoms with Crippen LogP contribution < -0.4 is 4.74 Å². The quantitative estimate of drug-likeness (QED) is 0.196. The van der Waals surface area contributed by atoms with Crippen molar-refractivity contribution < 1.29 is 9.84 Å². The average molecular weight is 609 g/mol. The molecule has 0 bridgehead atoms. The minimum Gasteiger partial charge on any atom is -0.497 e. The molecule has 2 aliphatic rings. The maximum absolute atomic E-state index is 13.1. The van der Waals surface area contributed by atoms with Crippen molar-refractivity contribution in [1.29, 1.82) is 0 Å². The lowest BCUT2D eigenvalue weighted by Crippen LogP contribution is -2.52. The van der Waals surface area contributed by atoms with E-state index in [9.17, 15) is 5.11 Å². The molecule has 2 atom stereocenters. The van der Waals surface area contributed by atoms with Gasteiger partial charge in [0.15, 0.2) is 0 Å². The minimum atomic E-state index is -1.01. The highest BCUT2D eigenvalue weighted by Crippen LogP contribution is 2.49. The van der Waals surface area contributed by atoms with Crippen LogP contribution in [0.5, 0.6) is 5.75 Å². The smallest absolute Gasteiger partial charge is 0.118 e. The highest BCUT2D eigenvalue weighted by Gasteiger charge is 2.47. The Bertz CT molecular complexity index is 1390. The van der Waals surface area contributed by atoms with Crippen LogP contribution in [0.4, 0.5) is 0 Å². The Kier molecular flexibility index (Phi) is 10.0. The zero-order valence-corrected chi connectivity index (χ0v) is 26.6. The maximum atomic E-state index is 13.1. The number of piperazine rings is 1. The number of ether oxygens (including phenoxy) is 1. The van der Waals surface area contributed by atoms with Crippen molar-refractivity contribution in [3.8, 4) is 5.75 Å². The lowest BCUT2D eigenvalue weighted by molar-refractivity contribution is -0.0725. The number of hydrogen-bond donors (Lipinski definition) is 1. The molecular formula is C39H45ClN2O2. The third-order valence-corrected chi connectivity index (χ3v) is 10.3. The Hall–Kier alpha value is -3.15. The fourth-order valence-electron chi connectivity index (χ4n) is 7.66. The van der Waals surface area contributed by atoms with Crippen LogP contribution >= 0.6 is 11.6 Å². The van der Waals surface area contributed by atoms with Gasteiger partial charge in [0.25, 0.3) is 0 Å². The van der Waals surface area contributed by atoms with Crippen molar-refractivity contribution in [3.63, 3.8) is 0 Å². The summed E-state index contributed by atoms with van der Waals surface area (Å²) in [5, 5.41) is 13.8.